The Bertz CT molecular complexity index is 793. The van der Waals surface area contributed by atoms with Gasteiger partial charge in [-0.05, 0) is 30.3 Å². The highest BCUT2D eigenvalue weighted by Crippen LogP contribution is 2.15. The molecule has 21 heavy (non-hydrogen) atoms. The molecule has 5 nitrogen and oxygen atoms in total. The number of ether oxygens (including phenoxy) is 1. The van der Waals surface area contributed by atoms with Crippen molar-refractivity contribution in [1.29, 1.82) is 0 Å². The molecule has 0 atom stereocenters. The minimum atomic E-state index is -0.457. The maximum absolute atomic E-state index is 11.7. The van der Waals surface area contributed by atoms with Crippen molar-refractivity contribution < 1.29 is 18.7 Å². The van der Waals surface area contributed by atoms with Crippen LogP contribution in [0.3, 0.4) is 0 Å². The molecular formula is C16H11NO4. The number of esters is 1. The molecule has 0 spiro atoms. The molecule has 0 aliphatic rings. The van der Waals surface area contributed by atoms with Crippen LogP contribution in [0.25, 0.3) is 10.9 Å². The predicted octanol–water partition coefficient (Wildman–Crippen LogP) is 3.00. The summed E-state index contributed by atoms with van der Waals surface area (Å²) in [4.78, 5) is 26.8. The molecule has 3 aromatic rings. The van der Waals surface area contributed by atoms with Gasteiger partial charge >= 0.3 is 5.97 Å². The average Bonchev–Trinajstić information content (AvgIpc) is 3.06. The molecule has 2 heterocycles. The topological polar surface area (TPSA) is 69.4 Å². The lowest BCUT2D eigenvalue weighted by Crippen LogP contribution is -2.05. The number of aldehydes is 1. The Morgan fingerprint density at radius 2 is 2.14 bits per heavy atom. The zero-order chi connectivity index (χ0) is 14.7. The number of hydrogen-bond acceptors (Lipinski definition) is 5. The van der Waals surface area contributed by atoms with Crippen LogP contribution in [0.5, 0.6) is 0 Å². The molecule has 0 N–H and O–H groups in total. The predicted molar refractivity (Wildman–Crippen MR) is 75.0 cm³/mol. The number of carbonyl (C=O) groups is 2. The Morgan fingerprint density at radius 1 is 1.24 bits per heavy atom. The molecule has 5 heteroatoms. The van der Waals surface area contributed by atoms with Crippen molar-refractivity contribution in [2.24, 2.45) is 0 Å². The summed E-state index contributed by atoms with van der Waals surface area (Å²) in [7, 11) is 0. The number of aromatic nitrogens is 1. The van der Waals surface area contributed by atoms with Gasteiger partial charge in [0.2, 0.25) is 0 Å². The van der Waals surface area contributed by atoms with Gasteiger partial charge in [-0.2, -0.15) is 0 Å². The largest absolute Gasteiger partial charge is 0.472 e. The van der Waals surface area contributed by atoms with Crippen LogP contribution in [0.15, 0.2) is 53.3 Å². The number of pyridine rings is 1. The number of carbonyl (C=O) groups excluding carboxylic acids is 2. The maximum Gasteiger partial charge on any atom is 0.341 e. The summed E-state index contributed by atoms with van der Waals surface area (Å²) in [6.07, 6.45) is 3.53. The van der Waals surface area contributed by atoms with Crippen molar-refractivity contribution in [3.63, 3.8) is 0 Å². The molecule has 0 radical (unpaired) electrons. The van der Waals surface area contributed by atoms with Gasteiger partial charge in [0.25, 0.3) is 0 Å². The number of hydrogen-bond donors (Lipinski definition) is 0. The maximum atomic E-state index is 11.7. The van der Waals surface area contributed by atoms with Gasteiger partial charge in [0.05, 0.1) is 23.0 Å². The summed E-state index contributed by atoms with van der Waals surface area (Å²) >= 11 is 0. The minimum Gasteiger partial charge on any atom is -0.472 e. The third-order valence-corrected chi connectivity index (χ3v) is 3.02. The molecule has 0 aliphatic heterocycles. The molecule has 0 unspecified atom stereocenters. The van der Waals surface area contributed by atoms with Crippen molar-refractivity contribution in [2.75, 3.05) is 0 Å². The first-order valence-corrected chi connectivity index (χ1v) is 6.30. The van der Waals surface area contributed by atoms with Gasteiger partial charge in [-0.25, -0.2) is 9.78 Å². The highest BCUT2D eigenvalue weighted by Gasteiger charge is 2.09. The van der Waals surface area contributed by atoms with E-state index in [1.54, 1.807) is 24.3 Å². The van der Waals surface area contributed by atoms with Gasteiger partial charge < -0.3 is 9.15 Å². The molecule has 0 saturated carbocycles. The van der Waals surface area contributed by atoms with E-state index in [2.05, 4.69) is 4.98 Å². The molecule has 0 bridgehead atoms. The zero-order valence-electron chi connectivity index (χ0n) is 11.0. The van der Waals surface area contributed by atoms with E-state index in [4.69, 9.17) is 9.15 Å². The van der Waals surface area contributed by atoms with Gasteiger partial charge in [0.15, 0.2) is 0 Å². The number of rotatable bonds is 4. The molecule has 2 aromatic heterocycles. The standard InChI is InChI=1S/C16H11NO4/c18-8-11-1-4-15-12(7-11)2-3-14(17-15)10-21-16(19)13-5-6-20-9-13/h1-9H,10H2. The van der Waals surface area contributed by atoms with E-state index in [9.17, 15) is 9.59 Å². The van der Waals surface area contributed by atoms with E-state index < -0.39 is 5.97 Å². The first-order valence-electron chi connectivity index (χ1n) is 6.30. The van der Waals surface area contributed by atoms with Crippen LogP contribution in [0.1, 0.15) is 26.4 Å². The average molecular weight is 281 g/mol. The summed E-state index contributed by atoms with van der Waals surface area (Å²) in [5.41, 5.74) is 2.35. The number of fused-ring (bicyclic) bond motifs is 1. The van der Waals surface area contributed by atoms with Gasteiger partial charge in [0, 0.05) is 10.9 Å². The van der Waals surface area contributed by atoms with Gasteiger partial charge in [-0.15, -0.1) is 0 Å². The first-order chi connectivity index (χ1) is 10.3. The molecule has 0 amide bonds. The Kier molecular flexibility index (Phi) is 3.47. The Balaban J connectivity index is 1.75. The van der Waals surface area contributed by atoms with Crippen molar-refractivity contribution in [1.82, 2.24) is 4.98 Å². The molecule has 0 aliphatic carbocycles. The highest BCUT2D eigenvalue weighted by atomic mass is 16.5. The first kappa shape index (κ1) is 13.1. The lowest BCUT2D eigenvalue weighted by molar-refractivity contribution is 0.0467. The third-order valence-electron chi connectivity index (χ3n) is 3.02. The van der Waals surface area contributed by atoms with Crippen molar-refractivity contribution in [3.05, 3.63) is 65.7 Å². The molecular weight excluding hydrogens is 270 g/mol. The Labute approximate surface area is 120 Å². The van der Waals surface area contributed by atoms with Gasteiger partial charge in [0.1, 0.15) is 19.2 Å². The number of furan rings is 1. The van der Waals surface area contributed by atoms with E-state index in [1.807, 2.05) is 6.07 Å². The monoisotopic (exact) mass is 281 g/mol. The van der Waals surface area contributed by atoms with E-state index >= 15 is 0 Å². The third kappa shape index (κ3) is 2.81. The Hall–Kier alpha value is -2.95. The second kappa shape index (κ2) is 5.58. The fraction of sp³-hybridized carbons (Fsp3) is 0.0625. The normalized spacial score (nSPS) is 10.5. The van der Waals surface area contributed by atoms with Gasteiger partial charge in [-0.1, -0.05) is 6.07 Å². The SMILES string of the molecule is O=Cc1ccc2nc(COC(=O)c3ccoc3)ccc2c1. The second-order valence-corrected chi connectivity index (χ2v) is 4.46. The van der Waals surface area contributed by atoms with Crippen molar-refractivity contribution >= 4 is 23.2 Å². The van der Waals surface area contributed by atoms with E-state index in [1.165, 1.54) is 18.6 Å². The smallest absolute Gasteiger partial charge is 0.341 e. The zero-order valence-corrected chi connectivity index (χ0v) is 11.0. The molecule has 104 valence electrons. The fourth-order valence-corrected chi connectivity index (χ4v) is 1.94. The van der Waals surface area contributed by atoms with Crippen LogP contribution in [-0.2, 0) is 11.3 Å². The van der Waals surface area contributed by atoms with Crippen LogP contribution < -0.4 is 0 Å². The van der Waals surface area contributed by atoms with Gasteiger partial charge in [-0.3, -0.25) is 4.79 Å². The van der Waals surface area contributed by atoms with Crippen molar-refractivity contribution in [2.45, 2.75) is 6.61 Å². The summed E-state index contributed by atoms with van der Waals surface area (Å²) in [5.74, 6) is -0.457. The lowest BCUT2D eigenvalue weighted by atomic mass is 10.1. The molecule has 3 rings (SSSR count). The van der Waals surface area contributed by atoms with Crippen LogP contribution in [0.4, 0.5) is 0 Å². The van der Waals surface area contributed by atoms with E-state index in [0.717, 1.165) is 17.2 Å². The van der Waals surface area contributed by atoms with E-state index in [0.29, 0.717) is 16.8 Å². The van der Waals surface area contributed by atoms with Crippen LogP contribution >= 0.6 is 0 Å². The lowest BCUT2D eigenvalue weighted by Gasteiger charge is -2.04. The molecule has 0 fully saturated rings. The second-order valence-electron chi connectivity index (χ2n) is 4.46. The summed E-state index contributed by atoms with van der Waals surface area (Å²) in [5, 5.41) is 0.865. The number of nitrogens with zero attached hydrogens (tertiary/aromatic N) is 1. The van der Waals surface area contributed by atoms with Crippen LogP contribution in [0, 0.1) is 0 Å². The van der Waals surface area contributed by atoms with Crippen LogP contribution in [-0.4, -0.2) is 17.2 Å². The van der Waals surface area contributed by atoms with Crippen LogP contribution in [0.2, 0.25) is 0 Å². The number of benzene rings is 1. The summed E-state index contributed by atoms with van der Waals surface area (Å²) < 4.78 is 9.97. The summed E-state index contributed by atoms with van der Waals surface area (Å²) in [6.45, 7) is 0.0788. The fourth-order valence-electron chi connectivity index (χ4n) is 1.94. The van der Waals surface area contributed by atoms with E-state index in [-0.39, 0.29) is 6.61 Å². The minimum absolute atomic E-state index is 0.0788. The quantitative estimate of drug-likeness (QED) is 0.543. The Morgan fingerprint density at radius 3 is 2.90 bits per heavy atom. The molecule has 0 saturated heterocycles. The molecule has 1 aromatic carbocycles. The van der Waals surface area contributed by atoms with Crippen molar-refractivity contribution in [3.8, 4) is 0 Å². The highest BCUT2D eigenvalue weighted by molar-refractivity contribution is 5.89. The summed E-state index contributed by atoms with van der Waals surface area (Å²) in [6, 6.07) is 10.4.